The molecule has 0 saturated heterocycles. The number of fused-ring (bicyclic) bond motifs is 3. The lowest BCUT2D eigenvalue weighted by molar-refractivity contribution is 0.0697. The van der Waals surface area contributed by atoms with Gasteiger partial charge in [0.15, 0.2) is 0 Å². The SMILES string of the molecule is CN[C@@H]1CCc2[nH]c3ccc(C(=O)O)cc3c2C1. The van der Waals surface area contributed by atoms with Gasteiger partial charge in [0, 0.05) is 22.6 Å². The molecule has 1 atom stereocenters. The largest absolute Gasteiger partial charge is 0.478 e. The fourth-order valence-corrected chi connectivity index (χ4v) is 2.80. The Hall–Kier alpha value is -1.81. The highest BCUT2D eigenvalue weighted by atomic mass is 16.4. The van der Waals surface area contributed by atoms with E-state index in [9.17, 15) is 4.79 Å². The minimum absolute atomic E-state index is 0.357. The second-order valence-electron chi connectivity index (χ2n) is 4.88. The summed E-state index contributed by atoms with van der Waals surface area (Å²) in [5, 5.41) is 13.4. The lowest BCUT2D eigenvalue weighted by atomic mass is 9.91. The highest BCUT2D eigenvalue weighted by Gasteiger charge is 2.21. The van der Waals surface area contributed by atoms with Crippen LogP contribution in [0.2, 0.25) is 0 Å². The number of benzene rings is 1. The second kappa shape index (κ2) is 4.14. The Morgan fingerprint density at radius 1 is 1.50 bits per heavy atom. The third-order valence-electron chi connectivity index (χ3n) is 3.84. The van der Waals surface area contributed by atoms with Crippen LogP contribution in [0.4, 0.5) is 0 Å². The van der Waals surface area contributed by atoms with Crippen LogP contribution in [0.3, 0.4) is 0 Å². The highest BCUT2D eigenvalue weighted by Crippen LogP contribution is 2.29. The number of aryl methyl sites for hydroxylation is 1. The maximum atomic E-state index is 11.0. The van der Waals surface area contributed by atoms with Crippen molar-refractivity contribution in [3.8, 4) is 0 Å². The van der Waals surface area contributed by atoms with Gasteiger partial charge in [0.25, 0.3) is 0 Å². The molecule has 4 heteroatoms. The van der Waals surface area contributed by atoms with Crippen molar-refractivity contribution in [2.24, 2.45) is 0 Å². The number of aromatic amines is 1. The van der Waals surface area contributed by atoms with E-state index in [4.69, 9.17) is 5.11 Å². The first-order valence-corrected chi connectivity index (χ1v) is 6.23. The minimum atomic E-state index is -0.868. The van der Waals surface area contributed by atoms with Crippen LogP contribution < -0.4 is 5.32 Å². The Kier molecular flexibility index (Phi) is 2.59. The topological polar surface area (TPSA) is 65.1 Å². The number of hydrogen-bond acceptors (Lipinski definition) is 2. The van der Waals surface area contributed by atoms with E-state index >= 15 is 0 Å². The summed E-state index contributed by atoms with van der Waals surface area (Å²) in [5.74, 6) is -0.868. The zero-order valence-corrected chi connectivity index (χ0v) is 10.3. The molecule has 18 heavy (non-hydrogen) atoms. The van der Waals surface area contributed by atoms with Crippen LogP contribution in [0.25, 0.3) is 10.9 Å². The number of aromatic nitrogens is 1. The molecule has 4 nitrogen and oxygen atoms in total. The van der Waals surface area contributed by atoms with E-state index in [0.717, 1.165) is 30.2 Å². The van der Waals surface area contributed by atoms with Gasteiger partial charge in [-0.05, 0) is 50.1 Å². The van der Waals surface area contributed by atoms with Gasteiger partial charge < -0.3 is 15.4 Å². The third-order valence-corrected chi connectivity index (χ3v) is 3.84. The molecule has 0 bridgehead atoms. The van der Waals surface area contributed by atoms with E-state index in [0.29, 0.717) is 11.6 Å². The average molecular weight is 244 g/mol. The van der Waals surface area contributed by atoms with Crippen LogP contribution in [0.5, 0.6) is 0 Å². The molecule has 0 fully saturated rings. The molecule has 1 aliphatic rings. The van der Waals surface area contributed by atoms with Gasteiger partial charge >= 0.3 is 5.97 Å². The fourth-order valence-electron chi connectivity index (χ4n) is 2.80. The molecule has 0 radical (unpaired) electrons. The predicted molar refractivity (Wildman–Crippen MR) is 70.1 cm³/mol. The summed E-state index contributed by atoms with van der Waals surface area (Å²) < 4.78 is 0. The lowest BCUT2D eigenvalue weighted by Crippen LogP contribution is -2.31. The van der Waals surface area contributed by atoms with Crippen molar-refractivity contribution in [2.75, 3.05) is 7.05 Å². The quantitative estimate of drug-likeness (QED) is 0.756. The maximum Gasteiger partial charge on any atom is 0.335 e. The molecule has 0 aliphatic heterocycles. The van der Waals surface area contributed by atoms with Crippen LogP contribution in [0.15, 0.2) is 18.2 Å². The standard InChI is InChI=1S/C14H16N2O2/c1-15-9-3-5-13-11(7-9)10-6-8(14(17)18)2-4-12(10)16-13/h2,4,6,9,15-16H,3,5,7H2,1H3,(H,17,18)/t9-/m1/s1. The Morgan fingerprint density at radius 3 is 3.06 bits per heavy atom. The summed E-state index contributed by atoms with van der Waals surface area (Å²) in [6.07, 6.45) is 3.12. The number of aromatic carboxylic acids is 1. The van der Waals surface area contributed by atoms with Gasteiger partial charge in [0.05, 0.1) is 5.56 Å². The fraction of sp³-hybridized carbons (Fsp3) is 0.357. The van der Waals surface area contributed by atoms with E-state index in [2.05, 4.69) is 10.3 Å². The number of rotatable bonds is 2. The smallest absolute Gasteiger partial charge is 0.335 e. The molecule has 1 aromatic heterocycles. The van der Waals surface area contributed by atoms with Gasteiger partial charge in [-0.2, -0.15) is 0 Å². The first-order valence-electron chi connectivity index (χ1n) is 6.23. The van der Waals surface area contributed by atoms with Crippen LogP contribution >= 0.6 is 0 Å². The Balaban J connectivity index is 2.14. The first kappa shape index (κ1) is 11.3. The van der Waals surface area contributed by atoms with E-state index < -0.39 is 5.97 Å². The Morgan fingerprint density at radius 2 is 2.33 bits per heavy atom. The molecular weight excluding hydrogens is 228 g/mol. The van der Waals surface area contributed by atoms with Crippen LogP contribution in [-0.4, -0.2) is 29.1 Å². The number of likely N-dealkylation sites (N-methyl/N-ethyl adjacent to an activating group) is 1. The molecule has 3 rings (SSSR count). The Bertz CT molecular complexity index is 616. The normalized spacial score (nSPS) is 18.8. The summed E-state index contributed by atoms with van der Waals surface area (Å²) in [6.45, 7) is 0. The summed E-state index contributed by atoms with van der Waals surface area (Å²) in [5.41, 5.74) is 3.94. The number of hydrogen-bond donors (Lipinski definition) is 3. The van der Waals surface area contributed by atoms with E-state index in [1.165, 1.54) is 11.3 Å². The van der Waals surface area contributed by atoms with Crippen LogP contribution in [-0.2, 0) is 12.8 Å². The summed E-state index contributed by atoms with van der Waals surface area (Å²) in [4.78, 5) is 14.4. The summed E-state index contributed by atoms with van der Waals surface area (Å²) in [6, 6.07) is 5.79. The zero-order valence-electron chi connectivity index (χ0n) is 10.3. The van der Waals surface area contributed by atoms with Crippen molar-refractivity contribution in [3.63, 3.8) is 0 Å². The molecule has 1 aliphatic carbocycles. The number of nitrogens with one attached hydrogen (secondary N) is 2. The number of carboxylic acids is 1. The maximum absolute atomic E-state index is 11.0. The molecule has 1 aromatic carbocycles. The Labute approximate surface area is 105 Å². The number of H-pyrrole nitrogens is 1. The number of carboxylic acid groups (broad SMARTS) is 1. The molecular formula is C14H16N2O2. The van der Waals surface area contributed by atoms with Crippen molar-refractivity contribution in [1.29, 1.82) is 0 Å². The van der Waals surface area contributed by atoms with E-state index in [-0.39, 0.29) is 0 Å². The van der Waals surface area contributed by atoms with E-state index in [1.54, 1.807) is 12.1 Å². The second-order valence-corrected chi connectivity index (χ2v) is 4.88. The average Bonchev–Trinajstić information content (AvgIpc) is 2.75. The van der Waals surface area contributed by atoms with Crippen molar-refractivity contribution in [3.05, 3.63) is 35.0 Å². The van der Waals surface area contributed by atoms with Crippen LogP contribution in [0, 0.1) is 0 Å². The monoisotopic (exact) mass is 244 g/mol. The first-order chi connectivity index (χ1) is 8.69. The van der Waals surface area contributed by atoms with Gasteiger partial charge in [0.1, 0.15) is 0 Å². The van der Waals surface area contributed by atoms with Crippen LogP contribution in [0.1, 0.15) is 28.0 Å². The lowest BCUT2D eigenvalue weighted by Gasteiger charge is -2.21. The summed E-state index contributed by atoms with van der Waals surface area (Å²) >= 11 is 0. The van der Waals surface area contributed by atoms with Crippen molar-refractivity contribution in [1.82, 2.24) is 10.3 Å². The van der Waals surface area contributed by atoms with Crippen molar-refractivity contribution >= 4 is 16.9 Å². The molecule has 1 heterocycles. The zero-order chi connectivity index (χ0) is 12.7. The third kappa shape index (κ3) is 1.69. The van der Waals surface area contributed by atoms with Gasteiger partial charge in [0.2, 0.25) is 0 Å². The molecule has 2 aromatic rings. The molecule has 0 spiro atoms. The van der Waals surface area contributed by atoms with E-state index in [1.807, 2.05) is 13.1 Å². The van der Waals surface area contributed by atoms with Gasteiger partial charge in [-0.1, -0.05) is 0 Å². The molecule has 3 N–H and O–H groups in total. The van der Waals surface area contributed by atoms with Gasteiger partial charge in [-0.25, -0.2) is 4.79 Å². The predicted octanol–water partition coefficient (Wildman–Crippen LogP) is 1.94. The minimum Gasteiger partial charge on any atom is -0.478 e. The molecule has 0 saturated carbocycles. The summed E-state index contributed by atoms with van der Waals surface area (Å²) in [7, 11) is 1.98. The molecule has 0 amide bonds. The van der Waals surface area contributed by atoms with Gasteiger partial charge in [-0.15, -0.1) is 0 Å². The molecule has 0 unspecified atom stereocenters. The molecule has 94 valence electrons. The van der Waals surface area contributed by atoms with Crippen molar-refractivity contribution < 1.29 is 9.90 Å². The van der Waals surface area contributed by atoms with Gasteiger partial charge in [-0.3, -0.25) is 0 Å². The highest BCUT2D eigenvalue weighted by molar-refractivity contribution is 5.95. The number of carbonyl (C=O) groups is 1. The van der Waals surface area contributed by atoms with Crippen molar-refractivity contribution in [2.45, 2.75) is 25.3 Å².